The first-order chi connectivity index (χ1) is 8.97. The van der Waals surface area contributed by atoms with Gasteiger partial charge in [0.15, 0.2) is 0 Å². The van der Waals surface area contributed by atoms with Crippen molar-refractivity contribution in [2.24, 2.45) is 0 Å². The maximum absolute atomic E-state index is 10.3. The first kappa shape index (κ1) is 14.7. The van der Waals surface area contributed by atoms with Crippen LogP contribution in [0.25, 0.3) is 0 Å². The van der Waals surface area contributed by atoms with E-state index in [4.69, 9.17) is 34.8 Å². The van der Waals surface area contributed by atoms with Crippen LogP contribution in [0.2, 0.25) is 15.1 Å². The molecule has 0 spiro atoms. The monoisotopic (exact) mass is 314 g/mol. The molecule has 1 nitrogen and oxygen atoms in total. The van der Waals surface area contributed by atoms with Crippen LogP contribution < -0.4 is 0 Å². The third kappa shape index (κ3) is 3.64. The normalized spacial score (nSPS) is 12.5. The van der Waals surface area contributed by atoms with Crippen LogP contribution in [0, 0.1) is 6.92 Å². The second-order valence-corrected chi connectivity index (χ2v) is 5.72. The topological polar surface area (TPSA) is 20.2 Å². The van der Waals surface area contributed by atoms with Gasteiger partial charge in [-0.3, -0.25) is 0 Å². The molecule has 0 saturated heterocycles. The summed E-state index contributed by atoms with van der Waals surface area (Å²) < 4.78 is 0. The van der Waals surface area contributed by atoms with Gasteiger partial charge in [-0.15, -0.1) is 0 Å². The Morgan fingerprint density at radius 2 is 1.74 bits per heavy atom. The molecule has 0 radical (unpaired) electrons. The molecule has 2 aromatic rings. The quantitative estimate of drug-likeness (QED) is 0.822. The summed E-state index contributed by atoms with van der Waals surface area (Å²) in [4.78, 5) is 0. The Morgan fingerprint density at radius 1 is 1.00 bits per heavy atom. The molecule has 100 valence electrons. The molecule has 4 heteroatoms. The second-order valence-electron chi connectivity index (χ2n) is 4.47. The van der Waals surface area contributed by atoms with Crippen molar-refractivity contribution in [2.45, 2.75) is 19.4 Å². The number of halogens is 3. The number of hydrogen-bond acceptors (Lipinski definition) is 1. The minimum atomic E-state index is -0.615. The Kier molecular flexibility index (Phi) is 4.75. The van der Waals surface area contributed by atoms with Crippen molar-refractivity contribution in [3.63, 3.8) is 0 Å². The molecule has 0 aromatic heterocycles. The van der Waals surface area contributed by atoms with E-state index >= 15 is 0 Å². The average molecular weight is 316 g/mol. The van der Waals surface area contributed by atoms with Crippen molar-refractivity contribution in [1.29, 1.82) is 0 Å². The molecule has 0 aliphatic heterocycles. The highest BCUT2D eigenvalue weighted by molar-refractivity contribution is 6.42. The van der Waals surface area contributed by atoms with Gasteiger partial charge >= 0.3 is 0 Å². The summed E-state index contributed by atoms with van der Waals surface area (Å²) in [6.45, 7) is 1.95. The Balaban J connectivity index is 2.22. The fraction of sp³-hybridized carbons (Fsp3) is 0.200. The van der Waals surface area contributed by atoms with E-state index in [1.54, 1.807) is 18.2 Å². The van der Waals surface area contributed by atoms with Gasteiger partial charge in [-0.1, -0.05) is 46.9 Å². The third-order valence-electron chi connectivity index (χ3n) is 3.01. The van der Waals surface area contributed by atoms with Gasteiger partial charge in [-0.25, -0.2) is 0 Å². The molecule has 1 atom stereocenters. The van der Waals surface area contributed by atoms with Crippen molar-refractivity contribution < 1.29 is 5.11 Å². The van der Waals surface area contributed by atoms with Gasteiger partial charge in [-0.05, 0) is 47.9 Å². The molecule has 2 aromatic carbocycles. The summed E-state index contributed by atoms with van der Waals surface area (Å²) in [5, 5.41) is 11.9. The van der Waals surface area contributed by atoms with Crippen LogP contribution in [0.4, 0.5) is 0 Å². The third-order valence-corrected chi connectivity index (χ3v) is 3.99. The van der Waals surface area contributed by atoms with Gasteiger partial charge in [0.05, 0.1) is 16.1 Å². The minimum Gasteiger partial charge on any atom is -0.388 e. The van der Waals surface area contributed by atoms with Gasteiger partial charge in [0.2, 0.25) is 0 Å². The number of aryl methyl sites for hydroxylation is 1. The molecule has 0 fully saturated rings. The summed E-state index contributed by atoms with van der Waals surface area (Å²) in [6, 6.07) is 10.9. The molecule has 1 unspecified atom stereocenters. The Morgan fingerprint density at radius 3 is 2.42 bits per heavy atom. The van der Waals surface area contributed by atoms with Crippen LogP contribution in [-0.4, -0.2) is 5.11 Å². The van der Waals surface area contributed by atoms with Crippen LogP contribution in [0.3, 0.4) is 0 Å². The van der Waals surface area contributed by atoms with Gasteiger partial charge in [-0.2, -0.15) is 0 Å². The lowest BCUT2D eigenvalue weighted by Crippen LogP contribution is -2.04. The van der Waals surface area contributed by atoms with E-state index in [2.05, 4.69) is 0 Å². The van der Waals surface area contributed by atoms with E-state index in [1.165, 1.54) is 0 Å². The van der Waals surface area contributed by atoms with Crippen LogP contribution in [0.1, 0.15) is 22.8 Å². The number of hydrogen-bond donors (Lipinski definition) is 1. The van der Waals surface area contributed by atoms with E-state index < -0.39 is 6.10 Å². The maximum atomic E-state index is 10.3. The van der Waals surface area contributed by atoms with E-state index in [-0.39, 0.29) is 0 Å². The molecule has 0 aliphatic rings. The first-order valence-electron chi connectivity index (χ1n) is 5.85. The Labute approximate surface area is 127 Å². The number of benzene rings is 2. The molecule has 0 aliphatic carbocycles. The lowest BCUT2D eigenvalue weighted by molar-refractivity contribution is 0.178. The van der Waals surface area contributed by atoms with Gasteiger partial charge in [0.25, 0.3) is 0 Å². The number of aliphatic hydroxyl groups excluding tert-OH is 1. The first-order valence-corrected chi connectivity index (χ1v) is 6.99. The molecular formula is C15H13Cl3O. The summed E-state index contributed by atoms with van der Waals surface area (Å²) in [7, 11) is 0. The lowest BCUT2D eigenvalue weighted by Gasteiger charge is -2.14. The molecular weight excluding hydrogens is 303 g/mol. The predicted molar refractivity (Wildman–Crippen MR) is 81.3 cm³/mol. The molecule has 0 saturated carbocycles. The smallest absolute Gasteiger partial charge is 0.0833 e. The average Bonchev–Trinajstić information content (AvgIpc) is 2.36. The standard InChI is InChI=1S/C15H13Cl3O/c1-9-2-4-11(16)8-12(9)15(19)7-10-3-5-13(17)14(18)6-10/h2-6,8,15,19H,7H2,1H3. The maximum Gasteiger partial charge on any atom is 0.0833 e. The molecule has 0 bridgehead atoms. The highest BCUT2D eigenvalue weighted by Crippen LogP contribution is 2.28. The lowest BCUT2D eigenvalue weighted by atomic mass is 9.98. The highest BCUT2D eigenvalue weighted by atomic mass is 35.5. The van der Waals surface area contributed by atoms with Crippen molar-refractivity contribution in [3.05, 3.63) is 68.2 Å². The Hall–Kier alpha value is -0.730. The largest absolute Gasteiger partial charge is 0.388 e. The zero-order chi connectivity index (χ0) is 14.0. The van der Waals surface area contributed by atoms with Crippen molar-refractivity contribution in [2.75, 3.05) is 0 Å². The fourth-order valence-electron chi connectivity index (χ4n) is 1.97. The van der Waals surface area contributed by atoms with Crippen LogP contribution in [-0.2, 0) is 6.42 Å². The molecule has 1 N–H and O–H groups in total. The van der Waals surface area contributed by atoms with Crippen molar-refractivity contribution in [1.82, 2.24) is 0 Å². The van der Waals surface area contributed by atoms with Crippen molar-refractivity contribution in [3.8, 4) is 0 Å². The van der Waals surface area contributed by atoms with Gasteiger partial charge in [0.1, 0.15) is 0 Å². The molecule has 2 rings (SSSR count). The van der Waals surface area contributed by atoms with E-state index in [1.807, 2.05) is 25.1 Å². The zero-order valence-electron chi connectivity index (χ0n) is 10.3. The van der Waals surface area contributed by atoms with Crippen LogP contribution >= 0.6 is 34.8 Å². The molecule has 0 heterocycles. The van der Waals surface area contributed by atoms with Crippen molar-refractivity contribution >= 4 is 34.8 Å². The van der Waals surface area contributed by atoms with Crippen LogP contribution in [0.15, 0.2) is 36.4 Å². The minimum absolute atomic E-state index is 0.470. The molecule has 0 amide bonds. The highest BCUT2D eigenvalue weighted by Gasteiger charge is 2.12. The fourth-order valence-corrected chi connectivity index (χ4v) is 2.47. The van der Waals surface area contributed by atoms with E-state index in [0.717, 1.165) is 16.7 Å². The van der Waals surface area contributed by atoms with Gasteiger partial charge < -0.3 is 5.11 Å². The SMILES string of the molecule is Cc1ccc(Cl)cc1C(O)Cc1ccc(Cl)c(Cl)c1. The summed E-state index contributed by atoms with van der Waals surface area (Å²) in [5.74, 6) is 0. The summed E-state index contributed by atoms with van der Waals surface area (Å²) in [5.41, 5.74) is 2.77. The predicted octanol–water partition coefficient (Wildman–Crippen LogP) is 5.23. The Bertz CT molecular complexity index is 596. The van der Waals surface area contributed by atoms with Crippen LogP contribution in [0.5, 0.6) is 0 Å². The molecule has 19 heavy (non-hydrogen) atoms. The number of aliphatic hydroxyl groups is 1. The number of rotatable bonds is 3. The second kappa shape index (κ2) is 6.15. The van der Waals surface area contributed by atoms with E-state index in [0.29, 0.717) is 21.5 Å². The summed E-state index contributed by atoms with van der Waals surface area (Å²) in [6.07, 6.45) is -0.145. The summed E-state index contributed by atoms with van der Waals surface area (Å²) >= 11 is 17.8. The zero-order valence-corrected chi connectivity index (χ0v) is 12.6. The van der Waals surface area contributed by atoms with E-state index in [9.17, 15) is 5.11 Å². The van der Waals surface area contributed by atoms with Gasteiger partial charge in [0, 0.05) is 11.4 Å².